The summed E-state index contributed by atoms with van der Waals surface area (Å²) in [5.74, 6) is -0.101. The molecule has 0 fully saturated rings. The standard InChI is InChI=1S/C10H8N4O2/c15-9-5-1-3-7(12-9)10(16)13-8-4-2-6-11-14-8/h1-6H,(H,12,15)(H,13,14,16). The maximum absolute atomic E-state index is 11.6. The molecule has 0 atom stereocenters. The first-order valence-electron chi connectivity index (χ1n) is 4.54. The normalized spacial score (nSPS) is 9.75. The SMILES string of the molecule is O=C(Nc1cccnn1)c1cccc(=O)[nH]1. The first-order chi connectivity index (χ1) is 7.75. The number of rotatable bonds is 2. The molecule has 80 valence electrons. The van der Waals surface area contributed by atoms with Gasteiger partial charge in [0.05, 0.1) is 0 Å². The molecule has 6 heteroatoms. The fraction of sp³-hybridized carbons (Fsp3) is 0. The summed E-state index contributed by atoms with van der Waals surface area (Å²) in [6, 6.07) is 7.60. The van der Waals surface area contributed by atoms with Crippen molar-refractivity contribution < 1.29 is 4.79 Å². The van der Waals surface area contributed by atoms with Crippen LogP contribution in [-0.2, 0) is 0 Å². The van der Waals surface area contributed by atoms with Crippen molar-refractivity contribution in [2.24, 2.45) is 0 Å². The maximum Gasteiger partial charge on any atom is 0.273 e. The van der Waals surface area contributed by atoms with E-state index in [1.807, 2.05) is 0 Å². The second kappa shape index (κ2) is 4.35. The first-order valence-corrected chi connectivity index (χ1v) is 4.54. The van der Waals surface area contributed by atoms with E-state index < -0.39 is 5.91 Å². The summed E-state index contributed by atoms with van der Waals surface area (Å²) in [5, 5.41) is 9.81. The lowest BCUT2D eigenvalue weighted by Crippen LogP contribution is -2.18. The third-order valence-electron chi connectivity index (χ3n) is 1.83. The Morgan fingerprint density at radius 2 is 2.12 bits per heavy atom. The van der Waals surface area contributed by atoms with E-state index in [1.54, 1.807) is 12.1 Å². The summed E-state index contributed by atoms with van der Waals surface area (Å²) in [4.78, 5) is 25.0. The molecular formula is C10H8N4O2. The van der Waals surface area contributed by atoms with Crippen LogP contribution < -0.4 is 10.9 Å². The zero-order chi connectivity index (χ0) is 11.4. The summed E-state index contributed by atoms with van der Waals surface area (Å²) in [6.45, 7) is 0. The molecule has 6 nitrogen and oxygen atoms in total. The molecule has 0 aromatic carbocycles. The second-order valence-corrected chi connectivity index (χ2v) is 2.99. The molecule has 0 saturated heterocycles. The van der Waals surface area contributed by atoms with E-state index >= 15 is 0 Å². The van der Waals surface area contributed by atoms with Crippen LogP contribution >= 0.6 is 0 Å². The Bertz CT molecular complexity index is 550. The Morgan fingerprint density at radius 1 is 1.25 bits per heavy atom. The molecule has 0 radical (unpaired) electrons. The van der Waals surface area contributed by atoms with E-state index in [9.17, 15) is 9.59 Å². The van der Waals surface area contributed by atoms with E-state index in [0.29, 0.717) is 5.82 Å². The van der Waals surface area contributed by atoms with Gasteiger partial charge in [0.1, 0.15) is 5.69 Å². The molecule has 0 aliphatic carbocycles. The van der Waals surface area contributed by atoms with Gasteiger partial charge in [-0.2, -0.15) is 5.10 Å². The largest absolute Gasteiger partial charge is 0.318 e. The molecule has 0 spiro atoms. The van der Waals surface area contributed by atoms with Gasteiger partial charge in [0.25, 0.3) is 5.91 Å². The molecule has 0 saturated carbocycles. The Hall–Kier alpha value is -2.50. The van der Waals surface area contributed by atoms with Crippen molar-refractivity contribution in [2.75, 3.05) is 5.32 Å². The average Bonchev–Trinajstić information content (AvgIpc) is 2.30. The van der Waals surface area contributed by atoms with Crippen molar-refractivity contribution in [3.63, 3.8) is 0 Å². The zero-order valence-corrected chi connectivity index (χ0v) is 8.18. The lowest BCUT2D eigenvalue weighted by atomic mass is 10.3. The number of carbonyl (C=O) groups excluding carboxylic acids is 1. The minimum absolute atomic E-state index is 0.179. The van der Waals surface area contributed by atoms with Crippen LogP contribution in [0.15, 0.2) is 41.3 Å². The van der Waals surface area contributed by atoms with Crippen molar-refractivity contribution in [1.82, 2.24) is 15.2 Å². The van der Waals surface area contributed by atoms with E-state index in [-0.39, 0.29) is 11.3 Å². The van der Waals surface area contributed by atoms with E-state index in [1.165, 1.54) is 24.4 Å². The summed E-state index contributed by atoms with van der Waals surface area (Å²) < 4.78 is 0. The molecule has 2 aromatic heterocycles. The number of carbonyl (C=O) groups is 1. The zero-order valence-electron chi connectivity index (χ0n) is 8.18. The molecule has 2 aromatic rings. The highest BCUT2D eigenvalue weighted by molar-refractivity contribution is 6.02. The van der Waals surface area contributed by atoms with Crippen LogP contribution in [0.25, 0.3) is 0 Å². The number of amides is 1. The maximum atomic E-state index is 11.6. The number of aromatic nitrogens is 3. The van der Waals surface area contributed by atoms with Gasteiger partial charge in [-0.3, -0.25) is 9.59 Å². The molecule has 16 heavy (non-hydrogen) atoms. The van der Waals surface area contributed by atoms with Gasteiger partial charge >= 0.3 is 0 Å². The number of nitrogens with one attached hydrogen (secondary N) is 2. The number of hydrogen-bond donors (Lipinski definition) is 2. The fourth-order valence-electron chi connectivity index (χ4n) is 1.13. The summed E-state index contributed by atoms with van der Waals surface area (Å²) in [6.07, 6.45) is 1.50. The van der Waals surface area contributed by atoms with E-state index in [4.69, 9.17) is 0 Å². The molecule has 0 bridgehead atoms. The van der Waals surface area contributed by atoms with Gasteiger partial charge in [-0.1, -0.05) is 6.07 Å². The van der Waals surface area contributed by atoms with Crippen molar-refractivity contribution in [2.45, 2.75) is 0 Å². The number of H-pyrrole nitrogens is 1. The quantitative estimate of drug-likeness (QED) is 0.761. The van der Waals surface area contributed by atoms with Gasteiger partial charge in [0, 0.05) is 12.3 Å². The highest BCUT2D eigenvalue weighted by Gasteiger charge is 2.06. The van der Waals surface area contributed by atoms with E-state index in [2.05, 4.69) is 20.5 Å². The van der Waals surface area contributed by atoms with Crippen molar-refractivity contribution in [1.29, 1.82) is 0 Å². The lowest BCUT2D eigenvalue weighted by Gasteiger charge is -2.02. The van der Waals surface area contributed by atoms with Crippen LogP contribution in [0.5, 0.6) is 0 Å². The lowest BCUT2D eigenvalue weighted by molar-refractivity contribution is 0.102. The van der Waals surface area contributed by atoms with Gasteiger partial charge in [-0.15, -0.1) is 5.10 Å². The third kappa shape index (κ3) is 2.30. The Kier molecular flexibility index (Phi) is 2.73. The summed E-state index contributed by atoms with van der Waals surface area (Å²) >= 11 is 0. The van der Waals surface area contributed by atoms with Gasteiger partial charge in [0.2, 0.25) is 5.56 Å². The van der Waals surface area contributed by atoms with Crippen LogP contribution in [0.4, 0.5) is 5.82 Å². The Balaban J connectivity index is 2.18. The number of anilines is 1. The van der Waals surface area contributed by atoms with Crippen molar-refractivity contribution in [3.8, 4) is 0 Å². The number of aromatic amines is 1. The molecule has 2 rings (SSSR count). The Labute approximate surface area is 90.4 Å². The predicted molar refractivity (Wildman–Crippen MR) is 57.0 cm³/mol. The summed E-state index contributed by atoms with van der Waals surface area (Å²) in [7, 11) is 0. The van der Waals surface area contributed by atoms with Crippen LogP contribution in [0, 0.1) is 0 Å². The minimum atomic E-state index is -0.432. The van der Waals surface area contributed by atoms with Crippen LogP contribution in [-0.4, -0.2) is 21.1 Å². The summed E-state index contributed by atoms with van der Waals surface area (Å²) in [5.41, 5.74) is -0.148. The van der Waals surface area contributed by atoms with Crippen LogP contribution in [0.3, 0.4) is 0 Å². The fourth-order valence-corrected chi connectivity index (χ4v) is 1.13. The molecule has 1 amide bonds. The average molecular weight is 216 g/mol. The molecule has 2 N–H and O–H groups in total. The predicted octanol–water partition coefficient (Wildman–Crippen LogP) is 0.417. The number of pyridine rings is 1. The van der Waals surface area contributed by atoms with Gasteiger partial charge in [0.15, 0.2) is 5.82 Å². The highest BCUT2D eigenvalue weighted by atomic mass is 16.2. The van der Waals surface area contributed by atoms with Crippen LogP contribution in [0.2, 0.25) is 0 Å². The number of hydrogen-bond acceptors (Lipinski definition) is 4. The molecule has 0 aliphatic heterocycles. The van der Waals surface area contributed by atoms with Gasteiger partial charge in [-0.25, -0.2) is 0 Å². The van der Waals surface area contributed by atoms with Crippen LogP contribution in [0.1, 0.15) is 10.5 Å². The molecular weight excluding hydrogens is 208 g/mol. The second-order valence-electron chi connectivity index (χ2n) is 2.99. The molecule has 0 unspecified atom stereocenters. The van der Waals surface area contributed by atoms with Gasteiger partial charge in [-0.05, 0) is 18.2 Å². The Morgan fingerprint density at radius 3 is 2.81 bits per heavy atom. The topological polar surface area (TPSA) is 87.7 Å². The smallest absolute Gasteiger partial charge is 0.273 e. The molecule has 2 heterocycles. The first kappa shape index (κ1) is 10.0. The highest BCUT2D eigenvalue weighted by Crippen LogP contribution is 2.00. The van der Waals surface area contributed by atoms with E-state index in [0.717, 1.165) is 0 Å². The monoisotopic (exact) mass is 216 g/mol. The third-order valence-corrected chi connectivity index (χ3v) is 1.83. The van der Waals surface area contributed by atoms with Crippen molar-refractivity contribution in [3.05, 3.63) is 52.6 Å². The minimum Gasteiger partial charge on any atom is -0.318 e. The molecule has 0 aliphatic rings. The number of nitrogens with zero attached hydrogens (tertiary/aromatic N) is 2. The van der Waals surface area contributed by atoms with Gasteiger partial charge < -0.3 is 10.3 Å². The van der Waals surface area contributed by atoms with Crippen molar-refractivity contribution >= 4 is 11.7 Å².